The van der Waals surface area contributed by atoms with Crippen molar-refractivity contribution in [3.8, 4) is 0 Å². The summed E-state index contributed by atoms with van der Waals surface area (Å²) in [6, 6.07) is 7.72. The molecule has 3 nitrogen and oxygen atoms in total. The van der Waals surface area contributed by atoms with Crippen LogP contribution in [-0.2, 0) is 12.8 Å². The Morgan fingerprint density at radius 3 is 2.24 bits per heavy atom. The number of aromatic nitrogens is 2. The summed E-state index contributed by atoms with van der Waals surface area (Å²) in [5.74, 6) is 0.813. The molecule has 0 saturated heterocycles. The molecule has 0 unspecified atom stereocenters. The van der Waals surface area contributed by atoms with Gasteiger partial charge in [0.2, 0.25) is 0 Å². The number of benzene rings is 1. The SMILES string of the molecule is NCCc1cnc(Cc2ccc(Cl)cc2)nc1. The van der Waals surface area contributed by atoms with Crippen LogP contribution in [0.5, 0.6) is 0 Å². The van der Waals surface area contributed by atoms with E-state index in [1.807, 2.05) is 36.7 Å². The van der Waals surface area contributed by atoms with E-state index in [-0.39, 0.29) is 0 Å². The average molecular weight is 248 g/mol. The Hall–Kier alpha value is -1.45. The van der Waals surface area contributed by atoms with Crippen LogP contribution in [0.25, 0.3) is 0 Å². The van der Waals surface area contributed by atoms with Crippen molar-refractivity contribution in [2.45, 2.75) is 12.8 Å². The van der Waals surface area contributed by atoms with Gasteiger partial charge in [0, 0.05) is 23.8 Å². The lowest BCUT2D eigenvalue weighted by atomic mass is 10.1. The zero-order chi connectivity index (χ0) is 12.1. The Morgan fingerprint density at radius 2 is 1.65 bits per heavy atom. The number of hydrogen-bond donors (Lipinski definition) is 1. The van der Waals surface area contributed by atoms with Gasteiger partial charge in [0.15, 0.2) is 0 Å². The lowest BCUT2D eigenvalue weighted by Gasteiger charge is -2.02. The normalized spacial score (nSPS) is 10.5. The first-order valence-electron chi connectivity index (χ1n) is 5.52. The molecule has 0 aliphatic carbocycles. The van der Waals surface area contributed by atoms with E-state index in [2.05, 4.69) is 9.97 Å². The Morgan fingerprint density at radius 1 is 1.00 bits per heavy atom. The fraction of sp³-hybridized carbons (Fsp3) is 0.231. The molecule has 1 aromatic carbocycles. The quantitative estimate of drug-likeness (QED) is 0.901. The lowest BCUT2D eigenvalue weighted by Crippen LogP contribution is -2.04. The highest BCUT2D eigenvalue weighted by atomic mass is 35.5. The van der Waals surface area contributed by atoms with Crippen LogP contribution < -0.4 is 5.73 Å². The largest absolute Gasteiger partial charge is 0.330 e. The third-order valence-corrected chi connectivity index (χ3v) is 2.72. The molecule has 0 radical (unpaired) electrons. The van der Waals surface area contributed by atoms with Crippen LogP contribution in [0.2, 0.25) is 5.02 Å². The van der Waals surface area contributed by atoms with Crippen molar-refractivity contribution in [3.63, 3.8) is 0 Å². The molecule has 1 heterocycles. The van der Waals surface area contributed by atoms with Gasteiger partial charge in [-0.2, -0.15) is 0 Å². The van der Waals surface area contributed by atoms with Crippen molar-refractivity contribution < 1.29 is 0 Å². The van der Waals surface area contributed by atoms with E-state index >= 15 is 0 Å². The summed E-state index contributed by atoms with van der Waals surface area (Å²) in [7, 11) is 0. The lowest BCUT2D eigenvalue weighted by molar-refractivity contribution is 0.901. The third-order valence-electron chi connectivity index (χ3n) is 2.47. The number of nitrogens with two attached hydrogens (primary N) is 1. The first kappa shape index (κ1) is 12.0. The summed E-state index contributed by atoms with van der Waals surface area (Å²) in [5, 5.41) is 0.743. The summed E-state index contributed by atoms with van der Waals surface area (Å²) in [5.41, 5.74) is 7.70. The van der Waals surface area contributed by atoms with E-state index in [9.17, 15) is 0 Å². The highest BCUT2D eigenvalue weighted by Crippen LogP contribution is 2.11. The molecule has 2 aromatic rings. The average Bonchev–Trinajstić information content (AvgIpc) is 2.35. The van der Waals surface area contributed by atoms with Crippen molar-refractivity contribution >= 4 is 11.6 Å². The van der Waals surface area contributed by atoms with E-state index in [0.29, 0.717) is 6.54 Å². The van der Waals surface area contributed by atoms with Crippen LogP contribution in [0.15, 0.2) is 36.7 Å². The van der Waals surface area contributed by atoms with Crippen LogP contribution in [0.4, 0.5) is 0 Å². The van der Waals surface area contributed by atoms with Gasteiger partial charge >= 0.3 is 0 Å². The first-order valence-corrected chi connectivity index (χ1v) is 5.90. The van der Waals surface area contributed by atoms with Gasteiger partial charge in [-0.15, -0.1) is 0 Å². The van der Waals surface area contributed by atoms with E-state index in [0.717, 1.165) is 34.8 Å². The van der Waals surface area contributed by atoms with E-state index in [4.69, 9.17) is 17.3 Å². The number of halogens is 1. The number of rotatable bonds is 4. The number of nitrogens with zero attached hydrogens (tertiary/aromatic N) is 2. The molecule has 1 aromatic heterocycles. The molecular formula is C13H14ClN3. The Bertz CT molecular complexity index is 465. The standard InChI is InChI=1S/C13H14ClN3/c14-12-3-1-10(2-4-12)7-13-16-8-11(5-6-15)9-17-13/h1-4,8-9H,5-7,15H2. The Labute approximate surface area is 106 Å². The predicted octanol–water partition coefficient (Wildman–Crippen LogP) is 2.22. The Kier molecular flexibility index (Phi) is 4.07. The summed E-state index contributed by atoms with van der Waals surface area (Å²) < 4.78 is 0. The molecule has 0 saturated carbocycles. The molecule has 0 atom stereocenters. The van der Waals surface area contributed by atoms with E-state index in [1.165, 1.54) is 0 Å². The van der Waals surface area contributed by atoms with Gasteiger partial charge in [-0.3, -0.25) is 0 Å². The zero-order valence-corrected chi connectivity index (χ0v) is 10.2. The number of hydrogen-bond acceptors (Lipinski definition) is 3. The van der Waals surface area contributed by atoms with Gasteiger partial charge in [-0.1, -0.05) is 23.7 Å². The topological polar surface area (TPSA) is 51.8 Å². The molecular weight excluding hydrogens is 234 g/mol. The molecule has 2 rings (SSSR count). The van der Waals surface area contributed by atoms with Crippen LogP contribution >= 0.6 is 11.6 Å². The molecule has 0 bridgehead atoms. The maximum absolute atomic E-state index is 5.83. The predicted molar refractivity (Wildman–Crippen MR) is 69.0 cm³/mol. The fourth-order valence-corrected chi connectivity index (χ4v) is 1.68. The molecule has 88 valence electrons. The molecule has 0 aliphatic heterocycles. The van der Waals surface area contributed by atoms with E-state index < -0.39 is 0 Å². The molecule has 2 N–H and O–H groups in total. The maximum atomic E-state index is 5.83. The smallest absolute Gasteiger partial charge is 0.132 e. The second-order valence-electron chi connectivity index (χ2n) is 3.85. The van der Waals surface area contributed by atoms with Crippen molar-refractivity contribution in [1.29, 1.82) is 0 Å². The van der Waals surface area contributed by atoms with Gasteiger partial charge in [0.25, 0.3) is 0 Å². The van der Waals surface area contributed by atoms with Crippen LogP contribution in [0, 0.1) is 0 Å². The molecule has 0 fully saturated rings. The molecule has 17 heavy (non-hydrogen) atoms. The first-order chi connectivity index (χ1) is 8.28. The fourth-order valence-electron chi connectivity index (χ4n) is 1.55. The summed E-state index contributed by atoms with van der Waals surface area (Å²) in [4.78, 5) is 8.63. The zero-order valence-electron chi connectivity index (χ0n) is 9.44. The summed E-state index contributed by atoms with van der Waals surface area (Å²) >= 11 is 5.83. The maximum Gasteiger partial charge on any atom is 0.132 e. The van der Waals surface area contributed by atoms with Gasteiger partial charge in [0.05, 0.1) is 0 Å². The van der Waals surface area contributed by atoms with Gasteiger partial charge in [-0.25, -0.2) is 9.97 Å². The second-order valence-corrected chi connectivity index (χ2v) is 4.29. The van der Waals surface area contributed by atoms with Crippen LogP contribution in [-0.4, -0.2) is 16.5 Å². The second kappa shape index (κ2) is 5.75. The minimum absolute atomic E-state index is 0.625. The third kappa shape index (κ3) is 3.51. The Balaban J connectivity index is 2.05. The highest BCUT2D eigenvalue weighted by Gasteiger charge is 2.00. The van der Waals surface area contributed by atoms with Gasteiger partial charge in [0.1, 0.15) is 5.82 Å². The van der Waals surface area contributed by atoms with Crippen molar-refractivity contribution in [3.05, 3.63) is 58.6 Å². The van der Waals surface area contributed by atoms with Gasteiger partial charge < -0.3 is 5.73 Å². The highest BCUT2D eigenvalue weighted by molar-refractivity contribution is 6.30. The van der Waals surface area contributed by atoms with Crippen LogP contribution in [0.3, 0.4) is 0 Å². The molecule has 0 aliphatic rings. The van der Waals surface area contributed by atoms with Crippen molar-refractivity contribution in [1.82, 2.24) is 9.97 Å². The molecule has 4 heteroatoms. The summed E-state index contributed by atoms with van der Waals surface area (Å²) in [6.07, 6.45) is 5.22. The molecule has 0 amide bonds. The van der Waals surface area contributed by atoms with Crippen molar-refractivity contribution in [2.75, 3.05) is 6.54 Å². The minimum atomic E-state index is 0.625. The monoisotopic (exact) mass is 247 g/mol. The van der Waals surface area contributed by atoms with Crippen LogP contribution in [0.1, 0.15) is 17.0 Å². The minimum Gasteiger partial charge on any atom is -0.330 e. The molecule has 0 spiro atoms. The van der Waals surface area contributed by atoms with E-state index in [1.54, 1.807) is 0 Å². The summed E-state index contributed by atoms with van der Waals surface area (Å²) in [6.45, 7) is 0.625. The van der Waals surface area contributed by atoms with Crippen molar-refractivity contribution in [2.24, 2.45) is 5.73 Å². The van der Waals surface area contributed by atoms with Gasteiger partial charge in [-0.05, 0) is 36.2 Å².